The Labute approximate surface area is 180 Å². The van der Waals surface area contributed by atoms with Crippen molar-refractivity contribution in [3.63, 3.8) is 0 Å². The molecule has 4 rings (SSSR count). The first-order valence-electron chi connectivity index (χ1n) is 9.89. The van der Waals surface area contributed by atoms with E-state index in [1.165, 1.54) is 5.01 Å². The molecule has 3 unspecified atom stereocenters. The van der Waals surface area contributed by atoms with Crippen LogP contribution in [0.4, 0.5) is 0 Å². The highest BCUT2D eigenvalue weighted by Gasteiger charge is 2.37. The molecule has 0 saturated carbocycles. The molecule has 154 valence electrons. The molecule has 0 bridgehead atoms. The maximum Gasteiger partial charge on any atom is 0.260 e. The van der Waals surface area contributed by atoms with Crippen molar-refractivity contribution in [1.82, 2.24) is 15.3 Å². The molecule has 1 amide bonds. The molecule has 0 radical (unpaired) electrons. The number of pyridine rings is 1. The molecule has 0 saturated heterocycles. The van der Waals surface area contributed by atoms with Crippen molar-refractivity contribution in [1.29, 1.82) is 0 Å². The first-order valence-corrected chi connectivity index (χ1v) is 10.3. The summed E-state index contributed by atoms with van der Waals surface area (Å²) in [6, 6.07) is 14.3. The van der Waals surface area contributed by atoms with E-state index in [4.69, 9.17) is 16.0 Å². The van der Waals surface area contributed by atoms with Gasteiger partial charge >= 0.3 is 0 Å². The number of benzene rings is 1. The second-order valence-electron chi connectivity index (χ2n) is 7.37. The summed E-state index contributed by atoms with van der Waals surface area (Å²) in [7, 11) is 0. The van der Waals surface area contributed by atoms with E-state index in [1.807, 2.05) is 62.4 Å². The summed E-state index contributed by atoms with van der Waals surface area (Å²) in [6.45, 7) is 3.86. The lowest BCUT2D eigenvalue weighted by Crippen LogP contribution is -2.43. The Hall–Kier alpha value is -2.96. The minimum Gasteiger partial charge on any atom is -0.467 e. The molecule has 6 nitrogen and oxygen atoms in total. The third-order valence-corrected chi connectivity index (χ3v) is 5.49. The highest BCUT2D eigenvalue weighted by atomic mass is 35.5. The van der Waals surface area contributed by atoms with Crippen LogP contribution in [0.1, 0.15) is 49.2 Å². The van der Waals surface area contributed by atoms with Crippen molar-refractivity contribution < 1.29 is 9.21 Å². The van der Waals surface area contributed by atoms with Gasteiger partial charge in [0.05, 0.1) is 18.0 Å². The van der Waals surface area contributed by atoms with Gasteiger partial charge in [-0.1, -0.05) is 29.8 Å². The Morgan fingerprint density at radius 2 is 2.00 bits per heavy atom. The van der Waals surface area contributed by atoms with Crippen molar-refractivity contribution in [3.05, 3.63) is 89.1 Å². The third-order valence-electron chi connectivity index (χ3n) is 5.24. The predicted octanol–water partition coefficient (Wildman–Crippen LogP) is 4.75. The first kappa shape index (κ1) is 20.3. The smallest absolute Gasteiger partial charge is 0.260 e. The second kappa shape index (κ2) is 8.81. The number of carbonyl (C=O) groups is 1. The SMILES string of the molecule is CC(NC(C)c1cccnc1)C(=O)N1N=C(c2ccc(Cl)cc2)CC1c1ccco1. The van der Waals surface area contributed by atoms with Crippen LogP contribution in [0.15, 0.2) is 76.7 Å². The Morgan fingerprint density at radius 1 is 1.20 bits per heavy atom. The maximum absolute atomic E-state index is 13.3. The van der Waals surface area contributed by atoms with E-state index in [-0.39, 0.29) is 18.0 Å². The van der Waals surface area contributed by atoms with Crippen LogP contribution in [-0.4, -0.2) is 27.7 Å². The van der Waals surface area contributed by atoms with E-state index < -0.39 is 6.04 Å². The highest BCUT2D eigenvalue weighted by molar-refractivity contribution is 6.30. The topological polar surface area (TPSA) is 70.7 Å². The summed E-state index contributed by atoms with van der Waals surface area (Å²) in [4.78, 5) is 17.5. The number of carbonyl (C=O) groups excluding carboxylic acids is 1. The number of hydrogen-bond donors (Lipinski definition) is 1. The summed E-state index contributed by atoms with van der Waals surface area (Å²) in [5.41, 5.74) is 2.79. The predicted molar refractivity (Wildman–Crippen MR) is 116 cm³/mol. The summed E-state index contributed by atoms with van der Waals surface area (Å²) in [5.74, 6) is 0.597. The molecule has 1 aliphatic rings. The molecule has 0 fully saturated rings. The maximum atomic E-state index is 13.3. The Morgan fingerprint density at radius 3 is 2.67 bits per heavy atom. The Balaban J connectivity index is 1.56. The van der Waals surface area contributed by atoms with Crippen LogP contribution in [0, 0.1) is 0 Å². The molecule has 3 atom stereocenters. The van der Waals surface area contributed by atoms with E-state index in [9.17, 15) is 4.79 Å². The Bertz CT molecular complexity index is 1020. The average molecular weight is 423 g/mol. The van der Waals surface area contributed by atoms with Gasteiger partial charge in [-0.15, -0.1) is 0 Å². The summed E-state index contributed by atoms with van der Waals surface area (Å²) in [5, 5.41) is 10.2. The van der Waals surface area contributed by atoms with E-state index in [1.54, 1.807) is 18.7 Å². The van der Waals surface area contributed by atoms with Crippen LogP contribution >= 0.6 is 11.6 Å². The van der Waals surface area contributed by atoms with Crippen LogP contribution in [0.5, 0.6) is 0 Å². The first-order chi connectivity index (χ1) is 14.5. The van der Waals surface area contributed by atoms with E-state index in [2.05, 4.69) is 15.4 Å². The molecule has 1 N–H and O–H groups in total. The number of halogens is 1. The normalized spacial score (nSPS) is 18.2. The van der Waals surface area contributed by atoms with Crippen molar-refractivity contribution in [3.8, 4) is 0 Å². The zero-order valence-electron chi connectivity index (χ0n) is 16.8. The summed E-state index contributed by atoms with van der Waals surface area (Å²) in [6.07, 6.45) is 5.72. The zero-order chi connectivity index (χ0) is 21.1. The van der Waals surface area contributed by atoms with Crippen LogP contribution in [0.3, 0.4) is 0 Å². The molecule has 30 heavy (non-hydrogen) atoms. The van der Waals surface area contributed by atoms with Gasteiger partial charge in [-0.2, -0.15) is 5.10 Å². The third kappa shape index (κ3) is 4.30. The molecule has 3 heterocycles. The number of aromatic nitrogens is 1. The fourth-order valence-corrected chi connectivity index (χ4v) is 3.73. The van der Waals surface area contributed by atoms with Crippen molar-refractivity contribution in [2.45, 2.75) is 38.4 Å². The second-order valence-corrected chi connectivity index (χ2v) is 7.80. The molecular formula is C23H23ClN4O2. The largest absolute Gasteiger partial charge is 0.467 e. The van der Waals surface area contributed by atoms with Gasteiger partial charge in [-0.05, 0) is 55.3 Å². The summed E-state index contributed by atoms with van der Waals surface area (Å²) < 4.78 is 5.61. The van der Waals surface area contributed by atoms with Gasteiger partial charge in [0, 0.05) is 29.9 Å². The highest BCUT2D eigenvalue weighted by Crippen LogP contribution is 2.33. The number of hydrazone groups is 1. The van der Waals surface area contributed by atoms with Gasteiger partial charge in [0.25, 0.3) is 5.91 Å². The van der Waals surface area contributed by atoms with Gasteiger partial charge in [-0.25, -0.2) is 5.01 Å². The molecule has 7 heteroatoms. The lowest BCUT2D eigenvalue weighted by Gasteiger charge is -2.26. The number of nitrogens with zero attached hydrogens (tertiary/aromatic N) is 3. The number of nitrogens with one attached hydrogen (secondary N) is 1. The standard InChI is InChI=1S/C23H23ClN4O2/c1-15(18-5-3-11-25-14-18)26-16(2)23(29)28-21(22-6-4-12-30-22)13-20(27-28)17-7-9-19(24)10-8-17/h3-12,14-16,21,26H,13H2,1-2H3. The van der Waals surface area contributed by atoms with Gasteiger partial charge in [0.15, 0.2) is 0 Å². The summed E-state index contributed by atoms with van der Waals surface area (Å²) >= 11 is 6.02. The van der Waals surface area contributed by atoms with Crippen molar-refractivity contribution >= 4 is 23.2 Å². The van der Waals surface area contributed by atoms with Crippen molar-refractivity contribution in [2.75, 3.05) is 0 Å². The monoisotopic (exact) mass is 422 g/mol. The van der Waals surface area contributed by atoms with Crippen LogP contribution < -0.4 is 5.32 Å². The van der Waals surface area contributed by atoms with Gasteiger partial charge in [-0.3, -0.25) is 15.1 Å². The van der Waals surface area contributed by atoms with Crippen LogP contribution in [0.25, 0.3) is 0 Å². The van der Waals surface area contributed by atoms with E-state index >= 15 is 0 Å². The number of hydrogen-bond acceptors (Lipinski definition) is 5. The number of amides is 1. The van der Waals surface area contributed by atoms with Gasteiger partial charge < -0.3 is 4.42 Å². The molecular weight excluding hydrogens is 400 g/mol. The van der Waals surface area contributed by atoms with E-state index in [0.29, 0.717) is 17.2 Å². The minimum absolute atomic E-state index is 0.0259. The van der Waals surface area contributed by atoms with Crippen LogP contribution in [0.2, 0.25) is 5.02 Å². The number of rotatable bonds is 6. The lowest BCUT2D eigenvalue weighted by molar-refractivity contribution is -0.135. The average Bonchev–Trinajstić information content (AvgIpc) is 3.44. The van der Waals surface area contributed by atoms with Crippen molar-refractivity contribution in [2.24, 2.45) is 5.10 Å². The quantitative estimate of drug-likeness (QED) is 0.622. The fraction of sp³-hybridized carbons (Fsp3) is 0.261. The minimum atomic E-state index is -0.439. The molecule has 0 aliphatic carbocycles. The molecule has 3 aromatic rings. The van der Waals surface area contributed by atoms with Gasteiger partial charge in [0.1, 0.15) is 11.8 Å². The number of furan rings is 1. The zero-order valence-corrected chi connectivity index (χ0v) is 17.6. The molecule has 0 spiro atoms. The molecule has 1 aliphatic heterocycles. The Kier molecular flexibility index (Phi) is 5.97. The van der Waals surface area contributed by atoms with Crippen LogP contribution in [-0.2, 0) is 4.79 Å². The van der Waals surface area contributed by atoms with Gasteiger partial charge in [0.2, 0.25) is 0 Å². The lowest BCUT2D eigenvalue weighted by atomic mass is 10.0. The molecule has 1 aromatic carbocycles. The molecule has 2 aromatic heterocycles. The fourth-order valence-electron chi connectivity index (χ4n) is 3.61. The van der Waals surface area contributed by atoms with E-state index in [0.717, 1.165) is 16.8 Å².